The summed E-state index contributed by atoms with van der Waals surface area (Å²) in [5.41, 5.74) is 0.347. The Morgan fingerprint density at radius 2 is 2.18 bits per heavy atom. The summed E-state index contributed by atoms with van der Waals surface area (Å²) in [5, 5.41) is 5.33. The molecular weight excluding hydrogens is 350 g/mol. The van der Waals surface area contributed by atoms with Crippen LogP contribution in [0.5, 0.6) is 0 Å². The van der Waals surface area contributed by atoms with Crippen LogP contribution < -0.4 is 0 Å². The molecule has 0 radical (unpaired) electrons. The smallest absolute Gasteiger partial charge is 0.410 e. The first kappa shape index (κ1) is 15.2. The Kier molecular flexibility index (Phi) is 3.80. The molecule has 0 saturated carbocycles. The number of ether oxygens (including phenoxy) is 1. The molecule has 3 heterocycles. The zero-order valence-electron chi connectivity index (χ0n) is 12.8. The second-order valence-electron chi connectivity index (χ2n) is 6.48. The Hall–Kier alpha value is -1.70. The molecule has 0 spiro atoms. The monoisotopic (exact) mass is 367 g/mol. The van der Waals surface area contributed by atoms with Crippen molar-refractivity contribution in [3.8, 4) is 0 Å². The first-order chi connectivity index (χ1) is 10.3. The minimum Gasteiger partial charge on any atom is -0.444 e. The van der Waals surface area contributed by atoms with E-state index in [0.29, 0.717) is 19.0 Å². The lowest BCUT2D eigenvalue weighted by atomic mass is 10.0. The topological polar surface area (TPSA) is 73.1 Å². The lowest BCUT2D eigenvalue weighted by Gasteiger charge is -2.39. The van der Waals surface area contributed by atoms with Crippen molar-refractivity contribution in [2.24, 2.45) is 5.92 Å². The van der Waals surface area contributed by atoms with E-state index in [1.807, 2.05) is 25.5 Å². The molecular formula is C14H18BrN5O2. The van der Waals surface area contributed by atoms with E-state index in [4.69, 9.17) is 4.74 Å². The average Bonchev–Trinajstić information content (AvgIpc) is 2.68. The molecule has 8 heteroatoms. The van der Waals surface area contributed by atoms with Gasteiger partial charge in [-0.25, -0.2) is 19.4 Å². The molecule has 2 aromatic heterocycles. The molecule has 0 aliphatic carbocycles. The van der Waals surface area contributed by atoms with Crippen molar-refractivity contribution in [3.63, 3.8) is 0 Å². The lowest BCUT2D eigenvalue weighted by molar-refractivity contribution is -0.00367. The Balaban J connectivity index is 1.61. The molecule has 22 heavy (non-hydrogen) atoms. The number of hydrogen-bond acceptors (Lipinski definition) is 5. The highest BCUT2D eigenvalue weighted by Gasteiger charge is 2.34. The molecule has 1 aliphatic heterocycles. The van der Waals surface area contributed by atoms with Crippen LogP contribution in [0.4, 0.5) is 4.79 Å². The first-order valence-electron chi connectivity index (χ1n) is 7.13. The largest absolute Gasteiger partial charge is 0.444 e. The van der Waals surface area contributed by atoms with Gasteiger partial charge in [0.05, 0.1) is 5.39 Å². The Bertz CT molecular complexity index is 703. The number of fused-ring (bicyclic) bond motifs is 1. The Labute approximate surface area is 136 Å². The third-order valence-electron chi connectivity index (χ3n) is 3.41. The summed E-state index contributed by atoms with van der Waals surface area (Å²) in [7, 11) is 0. The molecule has 0 aromatic carbocycles. The van der Waals surface area contributed by atoms with Gasteiger partial charge in [0.2, 0.25) is 0 Å². The van der Waals surface area contributed by atoms with Crippen LogP contribution >= 0.6 is 15.9 Å². The summed E-state index contributed by atoms with van der Waals surface area (Å²) < 4.78 is 7.95. The summed E-state index contributed by atoms with van der Waals surface area (Å²) in [6, 6.07) is 0. The number of likely N-dealkylation sites (tertiary alicyclic amines) is 1. The SMILES string of the molecule is CC(C)(C)OC(=O)N1CC(Cn2nc(Br)c3cncnc32)C1. The van der Waals surface area contributed by atoms with Crippen molar-refractivity contribution < 1.29 is 9.53 Å². The number of amides is 1. The van der Waals surface area contributed by atoms with Crippen LogP contribution in [0.1, 0.15) is 20.8 Å². The van der Waals surface area contributed by atoms with E-state index in [1.165, 1.54) is 6.33 Å². The summed E-state index contributed by atoms with van der Waals surface area (Å²) >= 11 is 3.42. The van der Waals surface area contributed by atoms with Gasteiger partial charge < -0.3 is 9.64 Å². The van der Waals surface area contributed by atoms with Gasteiger partial charge in [-0.15, -0.1) is 0 Å². The average molecular weight is 368 g/mol. The van der Waals surface area contributed by atoms with Gasteiger partial charge in [0.25, 0.3) is 0 Å². The molecule has 1 aliphatic rings. The molecule has 7 nitrogen and oxygen atoms in total. The van der Waals surface area contributed by atoms with Gasteiger partial charge in [0.1, 0.15) is 16.5 Å². The molecule has 1 amide bonds. The van der Waals surface area contributed by atoms with Gasteiger partial charge >= 0.3 is 6.09 Å². The van der Waals surface area contributed by atoms with Crippen LogP contribution in [-0.4, -0.2) is 49.4 Å². The molecule has 1 saturated heterocycles. The summed E-state index contributed by atoms with van der Waals surface area (Å²) in [4.78, 5) is 21.9. The highest BCUT2D eigenvalue weighted by molar-refractivity contribution is 9.10. The van der Waals surface area contributed by atoms with E-state index in [0.717, 1.165) is 22.2 Å². The molecule has 2 aromatic rings. The van der Waals surface area contributed by atoms with Crippen LogP contribution in [-0.2, 0) is 11.3 Å². The number of carbonyl (C=O) groups is 1. The number of hydrogen-bond donors (Lipinski definition) is 0. The fourth-order valence-electron chi connectivity index (χ4n) is 2.41. The third kappa shape index (κ3) is 3.06. The standard InChI is InChI=1S/C14H18BrN5O2/c1-14(2,3)22-13(21)19-5-9(6-19)7-20-12-10(11(15)18-20)4-16-8-17-12/h4,8-9H,5-7H2,1-3H3. The maximum absolute atomic E-state index is 11.9. The second-order valence-corrected chi connectivity index (χ2v) is 7.24. The van der Waals surface area contributed by atoms with Gasteiger partial charge in [0, 0.05) is 31.7 Å². The molecule has 0 atom stereocenters. The molecule has 118 valence electrons. The van der Waals surface area contributed by atoms with Crippen molar-refractivity contribution >= 4 is 33.1 Å². The van der Waals surface area contributed by atoms with E-state index >= 15 is 0 Å². The van der Waals surface area contributed by atoms with Crippen LogP contribution in [0.25, 0.3) is 11.0 Å². The fourth-order valence-corrected chi connectivity index (χ4v) is 2.89. The van der Waals surface area contributed by atoms with Crippen LogP contribution in [0.15, 0.2) is 17.1 Å². The summed E-state index contributed by atoms with van der Waals surface area (Å²) in [6.07, 6.45) is 3.00. The Morgan fingerprint density at radius 1 is 1.45 bits per heavy atom. The van der Waals surface area contributed by atoms with Crippen molar-refractivity contribution in [1.29, 1.82) is 0 Å². The molecule has 0 bridgehead atoms. The summed E-state index contributed by atoms with van der Waals surface area (Å²) in [5.74, 6) is 0.359. The zero-order valence-corrected chi connectivity index (χ0v) is 14.4. The molecule has 0 N–H and O–H groups in total. The number of nitrogens with zero attached hydrogens (tertiary/aromatic N) is 5. The van der Waals surface area contributed by atoms with E-state index in [9.17, 15) is 4.79 Å². The maximum Gasteiger partial charge on any atom is 0.410 e. The van der Waals surface area contributed by atoms with E-state index in [1.54, 1.807) is 11.1 Å². The quantitative estimate of drug-likeness (QED) is 0.814. The van der Waals surface area contributed by atoms with Crippen LogP contribution in [0, 0.1) is 5.92 Å². The zero-order chi connectivity index (χ0) is 15.9. The van der Waals surface area contributed by atoms with Crippen LogP contribution in [0.2, 0.25) is 0 Å². The van der Waals surface area contributed by atoms with Crippen molar-refractivity contribution in [2.75, 3.05) is 13.1 Å². The second kappa shape index (κ2) is 5.49. The lowest BCUT2D eigenvalue weighted by Crippen LogP contribution is -2.52. The number of carbonyl (C=O) groups excluding carboxylic acids is 1. The predicted molar refractivity (Wildman–Crippen MR) is 84.3 cm³/mol. The molecule has 1 fully saturated rings. The van der Waals surface area contributed by atoms with Crippen LogP contribution in [0.3, 0.4) is 0 Å². The number of halogens is 1. The molecule has 0 unspecified atom stereocenters. The first-order valence-corrected chi connectivity index (χ1v) is 7.93. The fraction of sp³-hybridized carbons (Fsp3) is 0.571. The van der Waals surface area contributed by atoms with E-state index in [2.05, 4.69) is 31.0 Å². The van der Waals surface area contributed by atoms with Gasteiger partial charge in [-0.1, -0.05) is 0 Å². The normalized spacial score (nSPS) is 15.9. The predicted octanol–water partition coefficient (Wildman–Crippen LogP) is 2.46. The van der Waals surface area contributed by atoms with E-state index < -0.39 is 5.60 Å². The van der Waals surface area contributed by atoms with Crippen molar-refractivity contribution in [1.82, 2.24) is 24.6 Å². The van der Waals surface area contributed by atoms with Gasteiger partial charge in [-0.3, -0.25) is 0 Å². The van der Waals surface area contributed by atoms with Gasteiger partial charge in [-0.2, -0.15) is 5.10 Å². The highest BCUT2D eigenvalue weighted by atomic mass is 79.9. The maximum atomic E-state index is 11.9. The minimum absolute atomic E-state index is 0.252. The van der Waals surface area contributed by atoms with Gasteiger partial charge in [-0.05, 0) is 36.7 Å². The minimum atomic E-state index is -0.456. The van der Waals surface area contributed by atoms with Crippen molar-refractivity contribution in [3.05, 3.63) is 17.1 Å². The number of rotatable bonds is 2. The number of aromatic nitrogens is 4. The van der Waals surface area contributed by atoms with Gasteiger partial charge in [0.15, 0.2) is 5.65 Å². The summed E-state index contributed by atoms with van der Waals surface area (Å²) in [6.45, 7) is 7.69. The molecule has 3 rings (SSSR count). The highest BCUT2D eigenvalue weighted by Crippen LogP contribution is 2.25. The third-order valence-corrected chi connectivity index (χ3v) is 3.99. The van der Waals surface area contributed by atoms with Crippen molar-refractivity contribution in [2.45, 2.75) is 32.9 Å². The van der Waals surface area contributed by atoms with E-state index in [-0.39, 0.29) is 6.09 Å². The Morgan fingerprint density at radius 3 is 2.86 bits per heavy atom.